The van der Waals surface area contributed by atoms with Crippen molar-refractivity contribution in [3.8, 4) is 0 Å². The summed E-state index contributed by atoms with van der Waals surface area (Å²) in [5, 5.41) is 24.7. The Balaban J connectivity index is 1.77. The lowest BCUT2D eigenvalue weighted by Crippen LogP contribution is -2.56. The predicted molar refractivity (Wildman–Crippen MR) is 126 cm³/mol. The first kappa shape index (κ1) is 25.6. The molecule has 0 spiro atoms. The Morgan fingerprint density at radius 3 is 1.79 bits per heavy atom. The van der Waals surface area contributed by atoms with Crippen LogP contribution in [-0.4, -0.2) is 65.3 Å². The molecule has 34 heavy (non-hydrogen) atoms. The minimum atomic E-state index is -1.28. The monoisotopic (exact) mass is 468 g/mol. The number of Topliss-reactive ketones (excluding diaryl/α,β-unsaturated/α-hetero) is 1. The van der Waals surface area contributed by atoms with E-state index in [1.54, 1.807) is 0 Å². The number of aliphatic hydroxyl groups is 2. The molecule has 0 radical (unpaired) electrons. The van der Waals surface area contributed by atoms with E-state index in [9.17, 15) is 24.6 Å². The zero-order valence-corrected chi connectivity index (χ0v) is 19.4. The number of ether oxygens (including phenoxy) is 1. The van der Waals surface area contributed by atoms with Crippen molar-refractivity contribution in [2.45, 2.75) is 43.9 Å². The van der Waals surface area contributed by atoms with Gasteiger partial charge in [-0.3, -0.25) is 14.4 Å². The molecule has 3 atom stereocenters. The van der Waals surface area contributed by atoms with Gasteiger partial charge in [0.2, 0.25) is 11.8 Å². The molecule has 8 nitrogen and oxygen atoms in total. The topological polar surface area (TPSA) is 128 Å². The summed E-state index contributed by atoms with van der Waals surface area (Å²) in [5.41, 5.74) is 0.204. The number of aliphatic hydroxyl groups excluding tert-OH is 2. The molecule has 182 valence electrons. The Morgan fingerprint density at radius 1 is 0.882 bits per heavy atom. The maximum atomic E-state index is 13.3. The molecule has 0 aromatic heterocycles. The second kappa shape index (κ2) is 11.4. The third kappa shape index (κ3) is 6.08. The highest BCUT2D eigenvalue weighted by Crippen LogP contribution is 2.30. The molecular formula is C26H32N2O6. The van der Waals surface area contributed by atoms with E-state index in [1.807, 2.05) is 74.5 Å². The summed E-state index contributed by atoms with van der Waals surface area (Å²) in [6.07, 6.45) is 0.332. The van der Waals surface area contributed by atoms with Crippen molar-refractivity contribution in [3.05, 3.63) is 71.8 Å². The van der Waals surface area contributed by atoms with Gasteiger partial charge < -0.3 is 25.6 Å². The van der Waals surface area contributed by atoms with E-state index in [2.05, 4.69) is 10.6 Å². The summed E-state index contributed by atoms with van der Waals surface area (Å²) in [7, 11) is 0. The lowest BCUT2D eigenvalue weighted by Gasteiger charge is -2.26. The Bertz CT molecular complexity index is 936. The van der Waals surface area contributed by atoms with Gasteiger partial charge in [0.1, 0.15) is 6.04 Å². The molecule has 2 aromatic rings. The van der Waals surface area contributed by atoms with Gasteiger partial charge in [-0.15, -0.1) is 0 Å². The van der Waals surface area contributed by atoms with Crippen LogP contribution in [0.4, 0.5) is 0 Å². The number of carbonyl (C=O) groups excluding carboxylic acids is 3. The van der Waals surface area contributed by atoms with Crippen LogP contribution < -0.4 is 10.6 Å². The van der Waals surface area contributed by atoms with Crippen LogP contribution in [0.1, 0.15) is 37.3 Å². The van der Waals surface area contributed by atoms with Gasteiger partial charge in [-0.2, -0.15) is 0 Å². The zero-order valence-electron chi connectivity index (χ0n) is 19.4. The van der Waals surface area contributed by atoms with Gasteiger partial charge in [-0.25, -0.2) is 0 Å². The Labute approximate surface area is 199 Å². The van der Waals surface area contributed by atoms with Gasteiger partial charge in [0.25, 0.3) is 0 Å². The molecule has 1 heterocycles. The number of amides is 2. The minimum absolute atomic E-state index is 0.0754. The van der Waals surface area contributed by atoms with Crippen LogP contribution in [0.5, 0.6) is 0 Å². The van der Waals surface area contributed by atoms with E-state index >= 15 is 0 Å². The smallest absolute Gasteiger partial charge is 0.245 e. The molecule has 2 aromatic carbocycles. The van der Waals surface area contributed by atoms with Crippen molar-refractivity contribution in [1.29, 1.82) is 0 Å². The number of nitrogens with one attached hydrogen (secondary N) is 2. The zero-order chi connectivity index (χ0) is 24.7. The Hall–Kier alpha value is -3.07. The van der Waals surface area contributed by atoms with Crippen molar-refractivity contribution in [2.75, 3.05) is 19.8 Å². The first-order chi connectivity index (χ1) is 16.3. The standard InChI is InChI=1S/C26H32N2O6/c1-17(2)13-20(23(31)26(15-30)16-34-26)27-24(32)21(14-29)28-25(33)22(18-9-5-3-6-10-18)19-11-7-4-8-12-19/h3-12,17,20-22,29-30H,13-16H2,1-2H3,(H,27,32)(H,28,33)/t20-,21-,26?/m0/s1. The van der Waals surface area contributed by atoms with Crippen LogP contribution in [0.3, 0.4) is 0 Å². The molecule has 8 heteroatoms. The maximum absolute atomic E-state index is 13.3. The maximum Gasteiger partial charge on any atom is 0.245 e. The van der Waals surface area contributed by atoms with E-state index in [0.29, 0.717) is 6.42 Å². The average Bonchev–Trinajstić information content (AvgIpc) is 3.64. The fraction of sp³-hybridized carbons (Fsp3) is 0.423. The summed E-state index contributed by atoms with van der Waals surface area (Å²) >= 11 is 0. The predicted octanol–water partition coefficient (Wildman–Crippen LogP) is 1.16. The van der Waals surface area contributed by atoms with E-state index in [0.717, 1.165) is 11.1 Å². The van der Waals surface area contributed by atoms with E-state index in [-0.39, 0.29) is 12.5 Å². The molecule has 0 saturated carbocycles. The number of epoxide rings is 1. The first-order valence-corrected chi connectivity index (χ1v) is 11.4. The van der Waals surface area contributed by atoms with Crippen molar-refractivity contribution < 1.29 is 29.3 Å². The highest BCUT2D eigenvalue weighted by atomic mass is 16.6. The van der Waals surface area contributed by atoms with Crippen LogP contribution in [-0.2, 0) is 19.1 Å². The van der Waals surface area contributed by atoms with Crippen LogP contribution in [0, 0.1) is 5.92 Å². The molecule has 1 saturated heterocycles. The molecule has 0 bridgehead atoms. The summed E-state index contributed by atoms with van der Waals surface area (Å²) in [4.78, 5) is 39.2. The second-order valence-electron chi connectivity index (χ2n) is 8.99. The molecular weight excluding hydrogens is 436 g/mol. The van der Waals surface area contributed by atoms with E-state index in [1.165, 1.54) is 0 Å². The summed E-state index contributed by atoms with van der Waals surface area (Å²) in [5.74, 6) is -2.15. The van der Waals surface area contributed by atoms with E-state index < -0.39 is 54.4 Å². The second-order valence-corrected chi connectivity index (χ2v) is 8.99. The molecule has 4 N–H and O–H groups in total. The highest BCUT2D eigenvalue weighted by molar-refractivity contribution is 5.98. The SMILES string of the molecule is CC(C)C[C@H](NC(=O)[C@H](CO)NC(=O)C(c1ccccc1)c1ccccc1)C(=O)C1(CO)CO1. The molecule has 1 fully saturated rings. The number of benzene rings is 2. The number of hydrogen-bond donors (Lipinski definition) is 4. The van der Waals surface area contributed by atoms with Gasteiger partial charge >= 0.3 is 0 Å². The number of rotatable bonds is 12. The fourth-order valence-corrected chi connectivity index (χ4v) is 3.93. The first-order valence-electron chi connectivity index (χ1n) is 11.4. The van der Waals surface area contributed by atoms with Gasteiger partial charge in [0, 0.05) is 0 Å². The third-order valence-corrected chi connectivity index (χ3v) is 5.88. The van der Waals surface area contributed by atoms with Gasteiger partial charge in [0.15, 0.2) is 11.4 Å². The molecule has 2 amide bonds. The van der Waals surface area contributed by atoms with Crippen LogP contribution in [0.2, 0.25) is 0 Å². The summed E-state index contributed by atoms with van der Waals surface area (Å²) < 4.78 is 5.16. The van der Waals surface area contributed by atoms with E-state index in [4.69, 9.17) is 4.74 Å². The largest absolute Gasteiger partial charge is 0.394 e. The Morgan fingerprint density at radius 2 is 1.38 bits per heavy atom. The molecule has 1 aliphatic rings. The highest BCUT2D eigenvalue weighted by Gasteiger charge is 2.54. The molecule has 3 rings (SSSR count). The molecule has 1 aliphatic heterocycles. The molecule has 0 aliphatic carbocycles. The Kier molecular flexibility index (Phi) is 8.55. The van der Waals surface area contributed by atoms with Crippen molar-refractivity contribution in [1.82, 2.24) is 10.6 Å². The molecule has 1 unspecified atom stereocenters. The van der Waals surface area contributed by atoms with Crippen molar-refractivity contribution in [3.63, 3.8) is 0 Å². The fourth-order valence-electron chi connectivity index (χ4n) is 3.93. The average molecular weight is 469 g/mol. The minimum Gasteiger partial charge on any atom is -0.394 e. The number of carbonyl (C=O) groups is 3. The third-order valence-electron chi connectivity index (χ3n) is 5.88. The normalized spacial score (nSPS) is 18.9. The lowest BCUT2D eigenvalue weighted by atomic mass is 9.90. The van der Waals surface area contributed by atoms with Crippen LogP contribution >= 0.6 is 0 Å². The van der Waals surface area contributed by atoms with Crippen molar-refractivity contribution >= 4 is 17.6 Å². The quantitative estimate of drug-likeness (QED) is 0.346. The number of hydrogen-bond acceptors (Lipinski definition) is 6. The van der Waals surface area contributed by atoms with Crippen molar-refractivity contribution in [2.24, 2.45) is 5.92 Å². The van der Waals surface area contributed by atoms with Crippen LogP contribution in [0.25, 0.3) is 0 Å². The van der Waals surface area contributed by atoms with Crippen LogP contribution in [0.15, 0.2) is 60.7 Å². The van der Waals surface area contributed by atoms with Gasteiger partial charge in [-0.1, -0.05) is 74.5 Å². The van der Waals surface area contributed by atoms with Gasteiger partial charge in [-0.05, 0) is 23.5 Å². The van der Waals surface area contributed by atoms with Gasteiger partial charge in [0.05, 0.1) is 31.8 Å². The summed E-state index contributed by atoms with van der Waals surface area (Å²) in [6, 6.07) is 16.1. The number of ketones is 1. The summed E-state index contributed by atoms with van der Waals surface area (Å²) in [6.45, 7) is 2.80. The lowest BCUT2D eigenvalue weighted by molar-refractivity contribution is -0.134.